The Morgan fingerprint density at radius 3 is 2.09 bits per heavy atom. The van der Waals surface area contributed by atoms with Crippen LogP contribution in [0.4, 0.5) is 0 Å². The van der Waals surface area contributed by atoms with E-state index in [-0.39, 0.29) is 12.1 Å². The van der Waals surface area contributed by atoms with Crippen molar-refractivity contribution in [3.63, 3.8) is 0 Å². The molecule has 35 heavy (non-hydrogen) atoms. The number of carbonyl (C=O) groups excluding carboxylic acids is 3. The van der Waals surface area contributed by atoms with E-state index in [1.165, 1.54) is 35.0 Å². The first-order chi connectivity index (χ1) is 16.7. The van der Waals surface area contributed by atoms with Crippen molar-refractivity contribution in [1.82, 2.24) is 0 Å². The fraction of sp³-hybridized carbons (Fsp3) is 0.444. The summed E-state index contributed by atoms with van der Waals surface area (Å²) in [6.07, 6.45) is 4.04. The SMILES string of the molecule is COc1c2cc(c(OC(C)=O)c1OC)CCCC[C@@H](OC(C)=O)CCc1ccc(OC(C)=O)c-2c1. The molecule has 4 bridgehead atoms. The molecule has 0 fully saturated rings. The molecule has 8 heteroatoms. The van der Waals surface area contributed by atoms with Crippen LogP contribution in [0.15, 0.2) is 24.3 Å². The first-order valence-electron chi connectivity index (χ1n) is 11.7. The first-order valence-corrected chi connectivity index (χ1v) is 11.7. The van der Waals surface area contributed by atoms with E-state index in [0.29, 0.717) is 53.4 Å². The highest BCUT2D eigenvalue weighted by Crippen LogP contribution is 2.49. The minimum atomic E-state index is -0.477. The maximum Gasteiger partial charge on any atom is 0.308 e. The topological polar surface area (TPSA) is 97.4 Å². The lowest BCUT2D eigenvalue weighted by Crippen LogP contribution is -2.17. The molecule has 1 aliphatic carbocycles. The van der Waals surface area contributed by atoms with Crippen molar-refractivity contribution in [2.45, 2.75) is 65.4 Å². The van der Waals surface area contributed by atoms with Crippen molar-refractivity contribution in [3.8, 4) is 34.1 Å². The van der Waals surface area contributed by atoms with Crippen LogP contribution in [-0.2, 0) is 32.0 Å². The van der Waals surface area contributed by atoms with Crippen molar-refractivity contribution in [2.24, 2.45) is 0 Å². The van der Waals surface area contributed by atoms with Gasteiger partial charge in [-0.1, -0.05) is 6.07 Å². The van der Waals surface area contributed by atoms with Gasteiger partial charge in [0.1, 0.15) is 11.9 Å². The Morgan fingerprint density at radius 1 is 0.743 bits per heavy atom. The lowest BCUT2D eigenvalue weighted by atomic mass is 9.95. The van der Waals surface area contributed by atoms with Gasteiger partial charge in [0, 0.05) is 31.9 Å². The first kappa shape index (κ1) is 26.1. The molecule has 0 unspecified atom stereocenters. The number of rotatable bonds is 5. The monoisotopic (exact) mass is 484 g/mol. The minimum Gasteiger partial charge on any atom is -0.492 e. The van der Waals surface area contributed by atoms with Gasteiger partial charge >= 0.3 is 17.9 Å². The number of aryl methyl sites for hydroxylation is 2. The Morgan fingerprint density at radius 2 is 1.46 bits per heavy atom. The molecule has 2 aromatic carbocycles. The van der Waals surface area contributed by atoms with Crippen molar-refractivity contribution < 1.29 is 38.1 Å². The van der Waals surface area contributed by atoms with E-state index in [4.69, 9.17) is 23.7 Å². The van der Waals surface area contributed by atoms with Crippen LogP contribution in [0.1, 0.15) is 57.6 Å². The molecule has 0 N–H and O–H groups in total. The summed E-state index contributed by atoms with van der Waals surface area (Å²) in [6.45, 7) is 4.09. The summed E-state index contributed by atoms with van der Waals surface area (Å²) in [4.78, 5) is 35.4. The van der Waals surface area contributed by atoms with Gasteiger partial charge in [-0.3, -0.25) is 14.4 Å². The summed E-state index contributed by atoms with van der Waals surface area (Å²) in [5, 5.41) is 0. The number of fused-ring (bicyclic) bond motifs is 5. The minimum absolute atomic E-state index is 0.204. The third-order valence-corrected chi connectivity index (χ3v) is 5.82. The van der Waals surface area contributed by atoms with Gasteiger partial charge in [-0.15, -0.1) is 0 Å². The highest BCUT2D eigenvalue weighted by molar-refractivity contribution is 5.85. The zero-order valence-corrected chi connectivity index (χ0v) is 20.9. The van der Waals surface area contributed by atoms with Gasteiger partial charge in [0.05, 0.1) is 14.2 Å². The fourth-order valence-corrected chi connectivity index (χ4v) is 4.40. The molecule has 0 saturated carbocycles. The number of benzene rings is 2. The van der Waals surface area contributed by atoms with Gasteiger partial charge in [-0.25, -0.2) is 0 Å². The maximum atomic E-state index is 11.9. The van der Waals surface area contributed by atoms with Crippen LogP contribution in [0.2, 0.25) is 0 Å². The summed E-state index contributed by atoms with van der Waals surface area (Å²) in [5.41, 5.74) is 3.05. The molecule has 2 aromatic rings. The molecule has 1 atom stereocenters. The Balaban J connectivity index is 2.24. The van der Waals surface area contributed by atoms with Crippen LogP contribution in [0.3, 0.4) is 0 Å². The number of esters is 3. The van der Waals surface area contributed by atoms with E-state index in [0.717, 1.165) is 30.4 Å². The van der Waals surface area contributed by atoms with E-state index < -0.39 is 11.9 Å². The van der Waals surface area contributed by atoms with E-state index in [1.54, 1.807) is 6.07 Å². The highest BCUT2D eigenvalue weighted by Gasteiger charge is 2.26. The predicted molar refractivity (Wildman–Crippen MR) is 129 cm³/mol. The largest absolute Gasteiger partial charge is 0.492 e. The van der Waals surface area contributed by atoms with Gasteiger partial charge in [0.25, 0.3) is 0 Å². The van der Waals surface area contributed by atoms with E-state index in [9.17, 15) is 14.4 Å². The average molecular weight is 485 g/mol. The highest BCUT2D eigenvalue weighted by atomic mass is 16.6. The van der Waals surface area contributed by atoms with Gasteiger partial charge < -0.3 is 23.7 Å². The second-order valence-corrected chi connectivity index (χ2v) is 8.51. The van der Waals surface area contributed by atoms with Gasteiger partial charge in [0.15, 0.2) is 11.5 Å². The second kappa shape index (κ2) is 11.7. The van der Waals surface area contributed by atoms with E-state index in [1.807, 2.05) is 18.2 Å². The zero-order valence-electron chi connectivity index (χ0n) is 20.9. The third-order valence-electron chi connectivity index (χ3n) is 5.82. The smallest absolute Gasteiger partial charge is 0.308 e. The Kier molecular flexibility index (Phi) is 8.73. The molecule has 3 rings (SSSR count). The summed E-state index contributed by atoms with van der Waals surface area (Å²) < 4.78 is 28.0. The fourth-order valence-electron chi connectivity index (χ4n) is 4.40. The molecular weight excluding hydrogens is 452 g/mol. The molecule has 0 spiro atoms. The molecule has 1 aliphatic rings. The van der Waals surface area contributed by atoms with Crippen LogP contribution in [0, 0.1) is 0 Å². The Hall–Kier alpha value is -3.55. The van der Waals surface area contributed by atoms with Crippen LogP contribution in [0.5, 0.6) is 23.0 Å². The number of ether oxygens (including phenoxy) is 5. The molecule has 0 heterocycles. The summed E-state index contributed by atoms with van der Waals surface area (Å²) in [7, 11) is 2.99. The molecule has 0 aromatic heterocycles. The van der Waals surface area contributed by atoms with Crippen LogP contribution in [-0.4, -0.2) is 38.2 Å². The lowest BCUT2D eigenvalue weighted by molar-refractivity contribution is -0.147. The molecule has 188 valence electrons. The predicted octanol–water partition coefficient (Wildman–Crippen LogP) is 4.81. The van der Waals surface area contributed by atoms with Gasteiger partial charge in [-0.05, 0) is 67.9 Å². The summed E-state index contributed by atoms with van der Waals surface area (Å²) in [5.74, 6) is 0.108. The van der Waals surface area contributed by atoms with Crippen molar-refractivity contribution in [2.75, 3.05) is 14.2 Å². The number of methoxy groups -OCH3 is 2. The maximum absolute atomic E-state index is 11.9. The normalized spacial score (nSPS) is 15.5. The number of carbonyl (C=O) groups is 3. The van der Waals surface area contributed by atoms with Crippen molar-refractivity contribution in [1.29, 1.82) is 0 Å². The number of hydrogen-bond donors (Lipinski definition) is 0. The standard InChI is InChI=1S/C27H32O8/c1-16(28)33-21-9-7-6-8-20-15-23(26(31-4)27(32-5)25(20)35-18(3)30)22-14-19(10-12-21)11-13-24(22)34-17(2)29/h11,13-15,21H,6-10,12H2,1-5H3/t21-/m1/s1. The third kappa shape index (κ3) is 6.53. The molecular formula is C27H32O8. The molecule has 0 saturated heterocycles. The van der Waals surface area contributed by atoms with Crippen LogP contribution >= 0.6 is 0 Å². The molecule has 0 radical (unpaired) electrons. The van der Waals surface area contributed by atoms with Crippen LogP contribution in [0.25, 0.3) is 11.1 Å². The lowest BCUT2D eigenvalue weighted by Gasteiger charge is -2.21. The van der Waals surface area contributed by atoms with Crippen molar-refractivity contribution >= 4 is 17.9 Å². The molecule has 0 amide bonds. The quantitative estimate of drug-likeness (QED) is 0.441. The van der Waals surface area contributed by atoms with E-state index in [2.05, 4.69) is 0 Å². The Labute approximate surface area is 205 Å². The Bertz CT molecular complexity index is 1100. The van der Waals surface area contributed by atoms with Crippen LogP contribution < -0.4 is 18.9 Å². The van der Waals surface area contributed by atoms with Gasteiger partial charge in [0.2, 0.25) is 5.75 Å². The zero-order chi connectivity index (χ0) is 25.5. The second-order valence-electron chi connectivity index (χ2n) is 8.51. The van der Waals surface area contributed by atoms with E-state index >= 15 is 0 Å². The molecule has 0 aliphatic heterocycles. The van der Waals surface area contributed by atoms with Crippen molar-refractivity contribution in [3.05, 3.63) is 35.4 Å². The summed E-state index contributed by atoms with van der Waals surface area (Å²) >= 11 is 0. The average Bonchev–Trinajstić information content (AvgIpc) is 2.80. The molecule has 8 nitrogen and oxygen atoms in total. The van der Waals surface area contributed by atoms with Gasteiger partial charge in [-0.2, -0.15) is 0 Å². The summed E-state index contributed by atoms with van der Waals surface area (Å²) in [6, 6.07) is 7.48. The number of hydrogen-bond acceptors (Lipinski definition) is 8.